The highest BCUT2D eigenvalue weighted by atomic mass is 35.5. The van der Waals surface area contributed by atoms with Gasteiger partial charge in [0.05, 0.1) is 0 Å². The van der Waals surface area contributed by atoms with E-state index >= 15 is 0 Å². The van der Waals surface area contributed by atoms with Gasteiger partial charge in [-0.1, -0.05) is 11.6 Å². The van der Waals surface area contributed by atoms with E-state index in [4.69, 9.17) is 11.6 Å². The number of rotatable bonds is 2. The smallest absolute Gasteiger partial charge is 0.274 e. The fraction of sp³-hybridized carbons (Fsp3) is 0. The molecule has 0 radical (unpaired) electrons. The molecule has 2 N–H and O–H groups in total. The van der Waals surface area contributed by atoms with Gasteiger partial charge in [-0.25, -0.2) is 9.97 Å². The summed E-state index contributed by atoms with van der Waals surface area (Å²) in [4.78, 5) is 19.0. The van der Waals surface area contributed by atoms with Gasteiger partial charge >= 0.3 is 0 Å². The fourth-order valence-electron chi connectivity index (χ4n) is 0.968. The van der Waals surface area contributed by atoms with Gasteiger partial charge in [-0.15, -0.1) is 0 Å². The third kappa shape index (κ3) is 2.29. The number of amides is 1. The average Bonchev–Trinajstić information content (AvgIpc) is 2.70. The fourth-order valence-corrected chi connectivity index (χ4v) is 1.11. The van der Waals surface area contributed by atoms with Gasteiger partial charge in [-0.05, 0) is 6.07 Å². The molecule has 0 unspecified atom stereocenters. The zero-order valence-electron chi connectivity index (χ0n) is 7.44. The molecule has 0 saturated carbocycles. The zero-order chi connectivity index (χ0) is 10.7. The molecule has 76 valence electrons. The second-order valence-corrected chi connectivity index (χ2v) is 3.04. The van der Waals surface area contributed by atoms with Gasteiger partial charge in [0, 0.05) is 12.3 Å². The van der Waals surface area contributed by atoms with E-state index in [9.17, 15) is 4.79 Å². The van der Waals surface area contributed by atoms with Crippen LogP contribution in [0.25, 0.3) is 0 Å². The molecule has 15 heavy (non-hydrogen) atoms. The van der Waals surface area contributed by atoms with Gasteiger partial charge in [-0.2, -0.15) is 5.10 Å². The Morgan fingerprint density at radius 1 is 1.47 bits per heavy atom. The molecule has 0 aliphatic carbocycles. The number of aromatic amines is 1. The van der Waals surface area contributed by atoms with Gasteiger partial charge in [0.25, 0.3) is 5.91 Å². The van der Waals surface area contributed by atoms with Gasteiger partial charge in [0.1, 0.15) is 23.0 Å². The van der Waals surface area contributed by atoms with Crippen molar-refractivity contribution in [1.29, 1.82) is 0 Å². The van der Waals surface area contributed by atoms with E-state index in [-0.39, 0.29) is 11.1 Å². The summed E-state index contributed by atoms with van der Waals surface area (Å²) in [5.41, 5.74) is 0.352. The molecule has 0 aliphatic rings. The molecule has 0 saturated heterocycles. The Morgan fingerprint density at radius 3 is 3.00 bits per heavy atom. The van der Waals surface area contributed by atoms with Crippen molar-refractivity contribution in [3.8, 4) is 0 Å². The Morgan fingerprint density at radius 2 is 2.33 bits per heavy atom. The van der Waals surface area contributed by atoms with Crippen molar-refractivity contribution < 1.29 is 4.79 Å². The highest BCUT2D eigenvalue weighted by molar-refractivity contribution is 6.29. The summed E-state index contributed by atoms with van der Waals surface area (Å²) in [5.74, 6) is 0.0110. The minimum atomic E-state index is -0.331. The number of halogens is 1. The summed E-state index contributed by atoms with van der Waals surface area (Å²) < 4.78 is 0. The lowest BCUT2D eigenvalue weighted by Crippen LogP contribution is -2.13. The molecule has 0 bridgehead atoms. The third-order valence-corrected chi connectivity index (χ3v) is 1.83. The van der Waals surface area contributed by atoms with Crippen molar-refractivity contribution in [2.45, 2.75) is 0 Å². The number of H-pyrrole nitrogens is 1. The molecular weight excluding hydrogens is 218 g/mol. The van der Waals surface area contributed by atoms with E-state index in [2.05, 4.69) is 25.5 Å². The summed E-state index contributed by atoms with van der Waals surface area (Å²) in [6.07, 6.45) is 2.76. The molecular formula is C8H6ClN5O. The number of carbonyl (C=O) groups is 1. The minimum absolute atomic E-state index is 0.268. The third-order valence-electron chi connectivity index (χ3n) is 1.62. The van der Waals surface area contributed by atoms with E-state index in [0.29, 0.717) is 11.5 Å². The molecule has 0 atom stereocenters. The van der Waals surface area contributed by atoms with Crippen molar-refractivity contribution in [3.63, 3.8) is 0 Å². The van der Waals surface area contributed by atoms with Crippen LogP contribution in [-0.2, 0) is 0 Å². The normalized spacial score (nSPS) is 9.93. The summed E-state index contributed by atoms with van der Waals surface area (Å²) in [6.45, 7) is 0. The van der Waals surface area contributed by atoms with Crippen molar-refractivity contribution in [2.24, 2.45) is 0 Å². The topological polar surface area (TPSA) is 83.6 Å². The maximum atomic E-state index is 11.5. The number of hydrogen-bond donors (Lipinski definition) is 2. The largest absolute Gasteiger partial charge is 0.305 e. The predicted molar refractivity (Wildman–Crippen MR) is 53.6 cm³/mol. The van der Waals surface area contributed by atoms with Gasteiger partial charge in [-0.3, -0.25) is 9.89 Å². The second kappa shape index (κ2) is 4.05. The summed E-state index contributed by atoms with van der Waals surface area (Å²) in [6, 6.07) is 3.01. The Labute approximate surface area is 89.7 Å². The molecule has 2 heterocycles. The predicted octanol–water partition coefficient (Wildman–Crippen LogP) is 1.11. The van der Waals surface area contributed by atoms with Crippen LogP contribution in [0.4, 0.5) is 5.82 Å². The Bertz CT molecular complexity index is 470. The van der Waals surface area contributed by atoms with E-state index < -0.39 is 0 Å². The van der Waals surface area contributed by atoms with Crippen LogP contribution in [0.5, 0.6) is 0 Å². The van der Waals surface area contributed by atoms with Crippen LogP contribution < -0.4 is 5.32 Å². The lowest BCUT2D eigenvalue weighted by Gasteiger charge is -2.01. The highest BCUT2D eigenvalue weighted by Crippen LogP contribution is 2.09. The number of nitrogens with one attached hydrogen (secondary N) is 2. The molecule has 0 aliphatic heterocycles. The van der Waals surface area contributed by atoms with Crippen LogP contribution in [0.1, 0.15) is 10.5 Å². The van der Waals surface area contributed by atoms with Crippen molar-refractivity contribution >= 4 is 23.3 Å². The van der Waals surface area contributed by atoms with Crippen LogP contribution in [0.15, 0.2) is 24.7 Å². The van der Waals surface area contributed by atoms with Crippen molar-refractivity contribution in [2.75, 3.05) is 5.32 Å². The van der Waals surface area contributed by atoms with Crippen LogP contribution in [0.3, 0.4) is 0 Å². The maximum absolute atomic E-state index is 11.5. The minimum Gasteiger partial charge on any atom is -0.305 e. The second-order valence-electron chi connectivity index (χ2n) is 2.65. The van der Waals surface area contributed by atoms with Crippen molar-refractivity contribution in [1.82, 2.24) is 20.2 Å². The van der Waals surface area contributed by atoms with Crippen LogP contribution >= 0.6 is 11.6 Å². The molecule has 0 aromatic carbocycles. The lowest BCUT2D eigenvalue weighted by atomic mass is 10.4. The first-order valence-corrected chi connectivity index (χ1v) is 4.42. The molecule has 0 fully saturated rings. The van der Waals surface area contributed by atoms with Gasteiger partial charge < -0.3 is 5.32 Å². The molecule has 6 nitrogen and oxygen atoms in total. The van der Waals surface area contributed by atoms with Gasteiger partial charge in [0.2, 0.25) is 0 Å². The number of nitrogens with zero attached hydrogens (tertiary/aromatic N) is 3. The first kappa shape index (κ1) is 9.60. The molecule has 7 heteroatoms. The summed E-state index contributed by atoms with van der Waals surface area (Å²) in [7, 11) is 0. The highest BCUT2D eigenvalue weighted by Gasteiger charge is 2.07. The number of aromatic nitrogens is 4. The lowest BCUT2D eigenvalue weighted by molar-refractivity contribution is 0.102. The van der Waals surface area contributed by atoms with E-state index in [1.54, 1.807) is 6.07 Å². The summed E-state index contributed by atoms with van der Waals surface area (Å²) in [5, 5.41) is 9.00. The first-order chi connectivity index (χ1) is 7.25. The average molecular weight is 224 g/mol. The maximum Gasteiger partial charge on any atom is 0.274 e. The van der Waals surface area contributed by atoms with Crippen LogP contribution in [0, 0.1) is 0 Å². The van der Waals surface area contributed by atoms with Crippen molar-refractivity contribution in [3.05, 3.63) is 35.5 Å². The van der Waals surface area contributed by atoms with Gasteiger partial charge in [0.15, 0.2) is 0 Å². The number of anilines is 1. The van der Waals surface area contributed by atoms with E-state index in [1.807, 2.05) is 0 Å². The monoisotopic (exact) mass is 223 g/mol. The van der Waals surface area contributed by atoms with Crippen LogP contribution in [-0.4, -0.2) is 26.1 Å². The summed E-state index contributed by atoms with van der Waals surface area (Å²) >= 11 is 5.63. The molecule has 0 spiro atoms. The quantitative estimate of drug-likeness (QED) is 0.747. The van der Waals surface area contributed by atoms with Crippen LogP contribution in [0.2, 0.25) is 5.15 Å². The first-order valence-electron chi connectivity index (χ1n) is 4.04. The van der Waals surface area contributed by atoms with E-state index in [0.717, 1.165) is 0 Å². The standard InChI is InChI=1S/C8H6ClN5O/c9-6-3-7(11-4-10-6)13-8(15)5-1-2-12-14-5/h1-4H,(H,12,14)(H,10,11,13,15). The molecule has 2 aromatic heterocycles. The number of carbonyl (C=O) groups excluding carboxylic acids is 1. The Hall–Kier alpha value is -1.95. The zero-order valence-corrected chi connectivity index (χ0v) is 8.19. The Balaban J connectivity index is 2.13. The molecule has 2 aromatic rings. The number of hydrogen-bond acceptors (Lipinski definition) is 4. The molecule has 2 rings (SSSR count). The SMILES string of the molecule is O=C(Nc1cc(Cl)ncn1)c1ccn[nH]1. The Kier molecular flexibility index (Phi) is 2.59. The molecule has 1 amide bonds. The van der Waals surface area contributed by atoms with E-state index in [1.165, 1.54) is 18.6 Å².